The second kappa shape index (κ2) is 9.41. The molecule has 3 aromatic heterocycles. The van der Waals surface area contributed by atoms with E-state index in [9.17, 15) is 14.4 Å². The molecule has 0 fully saturated rings. The van der Waals surface area contributed by atoms with Crippen LogP contribution in [0.2, 0.25) is 0 Å². The fourth-order valence-corrected chi connectivity index (χ4v) is 2.83. The minimum atomic E-state index is -0.735. The monoisotopic (exact) mass is 427 g/mol. The van der Waals surface area contributed by atoms with E-state index < -0.39 is 24.5 Å². The predicted octanol–water partition coefficient (Wildman–Crippen LogP) is 2.91. The number of amides is 3. The number of pyridine rings is 1. The van der Waals surface area contributed by atoms with Gasteiger partial charge in [0.05, 0.1) is 23.4 Å². The van der Waals surface area contributed by atoms with Crippen molar-refractivity contribution < 1.29 is 23.5 Å². The number of nitrogens with one attached hydrogen (secondary N) is 2. The van der Waals surface area contributed by atoms with Crippen LogP contribution in [0.4, 0.5) is 4.79 Å². The molecule has 0 atom stereocenters. The van der Waals surface area contributed by atoms with Crippen molar-refractivity contribution >= 4 is 28.9 Å². The van der Waals surface area contributed by atoms with Crippen molar-refractivity contribution in [1.82, 2.24) is 25.4 Å². The van der Waals surface area contributed by atoms with Crippen molar-refractivity contribution in [2.75, 3.05) is 13.2 Å². The highest BCUT2D eigenvalue weighted by Crippen LogP contribution is 2.27. The zero-order chi connectivity index (χ0) is 22.5. The summed E-state index contributed by atoms with van der Waals surface area (Å²) in [7, 11) is 0. The Morgan fingerprint density at radius 1 is 1.23 bits per heavy atom. The van der Waals surface area contributed by atoms with Gasteiger partial charge in [-0.2, -0.15) is 5.10 Å². The molecule has 0 aliphatic carbocycles. The first kappa shape index (κ1) is 22.0. The average molecular weight is 427 g/mol. The molecule has 0 aromatic carbocycles. The number of ether oxygens (including phenoxy) is 1. The van der Waals surface area contributed by atoms with Gasteiger partial charge < -0.3 is 14.5 Å². The van der Waals surface area contributed by atoms with Crippen LogP contribution in [0.5, 0.6) is 0 Å². The van der Waals surface area contributed by atoms with Crippen LogP contribution in [-0.4, -0.2) is 45.8 Å². The smallest absolute Gasteiger partial charge is 0.339 e. The van der Waals surface area contributed by atoms with Gasteiger partial charge in [-0.3, -0.25) is 10.1 Å². The topological polar surface area (TPSA) is 128 Å². The fourth-order valence-electron chi connectivity index (χ4n) is 2.83. The van der Waals surface area contributed by atoms with E-state index in [1.807, 2.05) is 27.7 Å². The summed E-state index contributed by atoms with van der Waals surface area (Å²) in [6.45, 7) is 7.56. The van der Waals surface area contributed by atoms with Crippen molar-refractivity contribution in [3.05, 3.63) is 36.2 Å². The zero-order valence-electron chi connectivity index (χ0n) is 17.8. The Labute approximate surface area is 179 Å². The summed E-state index contributed by atoms with van der Waals surface area (Å²) in [5.41, 5.74) is 1.12. The molecule has 3 rings (SSSR count). The molecular formula is C21H25N5O5. The molecule has 0 unspecified atom stereocenters. The van der Waals surface area contributed by atoms with E-state index >= 15 is 0 Å². The number of furan rings is 1. The summed E-state index contributed by atoms with van der Waals surface area (Å²) in [5.74, 6) is -0.750. The van der Waals surface area contributed by atoms with Crippen molar-refractivity contribution in [2.24, 2.45) is 5.92 Å². The first-order valence-corrected chi connectivity index (χ1v) is 9.93. The number of aromatic nitrogens is 3. The van der Waals surface area contributed by atoms with Crippen LogP contribution in [0.3, 0.4) is 0 Å². The molecule has 2 N–H and O–H groups in total. The number of imide groups is 1. The second-order valence-corrected chi connectivity index (χ2v) is 7.68. The van der Waals surface area contributed by atoms with E-state index in [1.54, 1.807) is 16.8 Å². The highest BCUT2D eigenvalue weighted by molar-refractivity contribution is 6.04. The van der Waals surface area contributed by atoms with E-state index in [2.05, 4.69) is 20.7 Å². The molecular weight excluding hydrogens is 402 g/mol. The van der Waals surface area contributed by atoms with Crippen LogP contribution in [0.25, 0.3) is 22.5 Å². The molecule has 164 valence electrons. The molecule has 0 spiro atoms. The normalized spacial score (nSPS) is 11.2. The predicted molar refractivity (Wildman–Crippen MR) is 112 cm³/mol. The summed E-state index contributed by atoms with van der Waals surface area (Å²) in [6.07, 6.45) is 3.04. The van der Waals surface area contributed by atoms with Gasteiger partial charge in [0, 0.05) is 12.6 Å². The number of hydrogen-bond acceptors (Lipinski definition) is 7. The summed E-state index contributed by atoms with van der Waals surface area (Å²) in [5, 5.41) is 9.48. The highest BCUT2D eigenvalue weighted by atomic mass is 16.5. The molecule has 0 aliphatic rings. The molecule has 0 saturated carbocycles. The van der Waals surface area contributed by atoms with Gasteiger partial charge in [-0.25, -0.2) is 19.3 Å². The highest BCUT2D eigenvalue weighted by Gasteiger charge is 2.21. The maximum atomic E-state index is 12.8. The summed E-state index contributed by atoms with van der Waals surface area (Å²) < 4.78 is 12.2. The van der Waals surface area contributed by atoms with Gasteiger partial charge in [0.2, 0.25) is 0 Å². The number of carbonyl (C=O) groups is 3. The van der Waals surface area contributed by atoms with Gasteiger partial charge in [0.15, 0.2) is 18.0 Å². The first-order chi connectivity index (χ1) is 14.8. The average Bonchev–Trinajstić information content (AvgIpc) is 3.39. The van der Waals surface area contributed by atoms with E-state index in [0.29, 0.717) is 29.0 Å². The number of hydrogen-bond donors (Lipinski definition) is 2. The largest absolute Gasteiger partial charge is 0.463 e. The van der Waals surface area contributed by atoms with E-state index in [4.69, 9.17) is 9.15 Å². The molecule has 0 radical (unpaired) electrons. The van der Waals surface area contributed by atoms with Crippen molar-refractivity contribution in [1.29, 1.82) is 0 Å². The van der Waals surface area contributed by atoms with Crippen LogP contribution in [0, 0.1) is 5.92 Å². The lowest BCUT2D eigenvalue weighted by molar-refractivity contribution is -0.123. The Morgan fingerprint density at radius 3 is 2.65 bits per heavy atom. The quantitative estimate of drug-likeness (QED) is 0.555. The summed E-state index contributed by atoms with van der Waals surface area (Å²) in [6, 6.07) is 4.34. The van der Waals surface area contributed by atoms with Gasteiger partial charge in [0.25, 0.3) is 5.91 Å². The minimum absolute atomic E-state index is 0.0100. The van der Waals surface area contributed by atoms with E-state index in [-0.39, 0.29) is 17.5 Å². The molecule has 3 amide bonds. The van der Waals surface area contributed by atoms with Crippen LogP contribution in [0.1, 0.15) is 44.1 Å². The van der Waals surface area contributed by atoms with Gasteiger partial charge in [-0.05, 0) is 38.0 Å². The van der Waals surface area contributed by atoms with Crippen molar-refractivity contribution in [3.63, 3.8) is 0 Å². The fraction of sp³-hybridized carbons (Fsp3) is 0.381. The molecule has 3 heterocycles. The molecule has 0 aliphatic heterocycles. The Balaban J connectivity index is 1.79. The third-order valence-corrected chi connectivity index (χ3v) is 4.31. The van der Waals surface area contributed by atoms with Crippen LogP contribution in [0.15, 0.2) is 35.1 Å². The van der Waals surface area contributed by atoms with Crippen molar-refractivity contribution in [2.45, 2.75) is 33.7 Å². The SMILES string of the molecule is CC(C)CNC(=O)NC(=O)COC(=O)c1cc(-c2ccco2)nc2c1cnn2C(C)C. The molecule has 0 bridgehead atoms. The van der Waals surface area contributed by atoms with E-state index in [1.165, 1.54) is 18.5 Å². The first-order valence-electron chi connectivity index (χ1n) is 9.93. The number of nitrogens with zero attached hydrogens (tertiary/aromatic N) is 3. The third-order valence-electron chi connectivity index (χ3n) is 4.31. The Bertz CT molecular complexity index is 1090. The standard InChI is InChI=1S/C21H25N5O5/c1-12(2)9-22-21(29)25-18(27)11-31-20(28)14-8-16(17-6-5-7-30-17)24-19-15(14)10-23-26(19)13(3)4/h5-8,10,12-13H,9,11H2,1-4H3,(H2,22,25,27,29). The number of esters is 1. The maximum Gasteiger partial charge on any atom is 0.339 e. The Kier molecular flexibility index (Phi) is 6.68. The van der Waals surface area contributed by atoms with Crippen molar-refractivity contribution in [3.8, 4) is 11.5 Å². The lowest BCUT2D eigenvalue weighted by Crippen LogP contribution is -2.42. The zero-order valence-corrected chi connectivity index (χ0v) is 17.8. The lowest BCUT2D eigenvalue weighted by atomic mass is 10.1. The van der Waals surface area contributed by atoms with Gasteiger partial charge in [-0.15, -0.1) is 0 Å². The number of rotatable bonds is 7. The van der Waals surface area contributed by atoms with Crippen LogP contribution in [-0.2, 0) is 9.53 Å². The molecule has 10 heteroatoms. The van der Waals surface area contributed by atoms with Gasteiger partial charge in [0.1, 0.15) is 5.69 Å². The maximum absolute atomic E-state index is 12.8. The number of fused-ring (bicyclic) bond motifs is 1. The number of urea groups is 1. The van der Waals surface area contributed by atoms with E-state index in [0.717, 1.165) is 0 Å². The summed E-state index contributed by atoms with van der Waals surface area (Å²) >= 11 is 0. The third kappa shape index (κ3) is 5.27. The second-order valence-electron chi connectivity index (χ2n) is 7.68. The molecule has 3 aromatic rings. The Morgan fingerprint density at radius 2 is 2.00 bits per heavy atom. The van der Waals surface area contributed by atoms with Gasteiger partial charge in [-0.1, -0.05) is 13.8 Å². The minimum Gasteiger partial charge on any atom is -0.463 e. The van der Waals surface area contributed by atoms with Crippen LogP contribution >= 0.6 is 0 Å². The lowest BCUT2D eigenvalue weighted by Gasteiger charge is -2.10. The van der Waals surface area contributed by atoms with Gasteiger partial charge >= 0.3 is 12.0 Å². The van der Waals surface area contributed by atoms with Crippen LogP contribution < -0.4 is 10.6 Å². The molecule has 31 heavy (non-hydrogen) atoms. The molecule has 10 nitrogen and oxygen atoms in total. The Hall–Kier alpha value is -3.69. The number of carbonyl (C=O) groups excluding carboxylic acids is 3. The molecule has 0 saturated heterocycles. The summed E-state index contributed by atoms with van der Waals surface area (Å²) in [4.78, 5) is 41.0.